The van der Waals surface area contributed by atoms with Crippen molar-refractivity contribution >= 4 is 11.9 Å². The van der Waals surface area contributed by atoms with E-state index in [-0.39, 0.29) is 29.9 Å². The molecule has 0 aromatic heterocycles. The molecule has 0 saturated heterocycles. The summed E-state index contributed by atoms with van der Waals surface area (Å²) in [5.41, 5.74) is 2.36. The molecule has 3 amide bonds. The predicted molar refractivity (Wildman–Crippen MR) is 117 cm³/mol. The summed E-state index contributed by atoms with van der Waals surface area (Å²) in [6, 6.07) is 8.73. The summed E-state index contributed by atoms with van der Waals surface area (Å²) in [4.78, 5) is 27.0. The maximum atomic E-state index is 12.4. The van der Waals surface area contributed by atoms with Gasteiger partial charge in [0.15, 0.2) is 0 Å². The summed E-state index contributed by atoms with van der Waals surface area (Å²) in [7, 11) is 2.11. The number of nitrogens with zero attached hydrogens (tertiary/aromatic N) is 1. The summed E-state index contributed by atoms with van der Waals surface area (Å²) in [6.07, 6.45) is 3.50. The Hall–Kier alpha value is -2.08. The number of hydrogen-bond acceptors (Lipinski definition) is 3. The molecule has 0 heterocycles. The lowest BCUT2D eigenvalue weighted by Crippen LogP contribution is -2.46. The van der Waals surface area contributed by atoms with Crippen LogP contribution in [0.25, 0.3) is 0 Å². The molecule has 2 atom stereocenters. The molecule has 162 valence electrons. The first-order valence-electron chi connectivity index (χ1n) is 10.9. The first kappa shape index (κ1) is 23.2. The van der Waals surface area contributed by atoms with Gasteiger partial charge < -0.3 is 16.0 Å². The predicted octanol–water partition coefficient (Wildman–Crippen LogP) is 3.41. The van der Waals surface area contributed by atoms with Gasteiger partial charge in [-0.15, -0.1) is 0 Å². The fourth-order valence-corrected chi connectivity index (χ4v) is 3.71. The Morgan fingerprint density at radius 3 is 2.45 bits per heavy atom. The van der Waals surface area contributed by atoms with Crippen molar-refractivity contribution in [3.8, 4) is 0 Å². The molecule has 6 heteroatoms. The number of urea groups is 1. The van der Waals surface area contributed by atoms with Gasteiger partial charge in [0.05, 0.1) is 0 Å². The molecule has 1 fully saturated rings. The van der Waals surface area contributed by atoms with E-state index in [1.54, 1.807) is 0 Å². The monoisotopic (exact) mass is 402 g/mol. The highest BCUT2D eigenvalue weighted by molar-refractivity contribution is 5.79. The molecular formula is C23H38N4O2. The molecule has 0 aliphatic heterocycles. The number of hydrogen-bond donors (Lipinski definition) is 3. The van der Waals surface area contributed by atoms with Gasteiger partial charge in [0, 0.05) is 37.1 Å². The van der Waals surface area contributed by atoms with E-state index in [1.165, 1.54) is 5.56 Å². The fourth-order valence-electron chi connectivity index (χ4n) is 3.71. The van der Waals surface area contributed by atoms with Crippen LogP contribution in [0.4, 0.5) is 4.79 Å². The van der Waals surface area contributed by atoms with E-state index < -0.39 is 0 Å². The minimum Gasteiger partial charge on any atom is -0.354 e. The van der Waals surface area contributed by atoms with Gasteiger partial charge in [-0.25, -0.2) is 4.79 Å². The Morgan fingerprint density at radius 2 is 1.79 bits per heavy atom. The lowest BCUT2D eigenvalue weighted by Gasteiger charge is -2.29. The lowest BCUT2D eigenvalue weighted by atomic mass is 9.85. The van der Waals surface area contributed by atoms with E-state index in [0.29, 0.717) is 19.0 Å². The molecule has 0 radical (unpaired) electrons. The average molecular weight is 403 g/mol. The Balaban J connectivity index is 1.85. The molecule has 1 aromatic carbocycles. The second kappa shape index (κ2) is 11.2. The summed E-state index contributed by atoms with van der Waals surface area (Å²) >= 11 is 0. The SMILES string of the molecule is CC(C)NC(=O)C1CCCC(NC(=O)NCc2ccccc2CN(C)C(C)C)C1. The van der Waals surface area contributed by atoms with Crippen LogP contribution in [0, 0.1) is 5.92 Å². The van der Waals surface area contributed by atoms with Crippen molar-refractivity contribution in [2.45, 2.75) is 84.6 Å². The number of rotatable bonds is 8. The van der Waals surface area contributed by atoms with Gasteiger partial charge in [0.1, 0.15) is 0 Å². The van der Waals surface area contributed by atoms with Crippen molar-refractivity contribution in [2.24, 2.45) is 5.92 Å². The van der Waals surface area contributed by atoms with Crippen molar-refractivity contribution < 1.29 is 9.59 Å². The average Bonchev–Trinajstić information content (AvgIpc) is 2.67. The van der Waals surface area contributed by atoms with Crippen molar-refractivity contribution in [2.75, 3.05) is 7.05 Å². The molecule has 1 aliphatic rings. The van der Waals surface area contributed by atoms with Crippen LogP contribution in [0.5, 0.6) is 0 Å². The van der Waals surface area contributed by atoms with Gasteiger partial charge >= 0.3 is 6.03 Å². The highest BCUT2D eigenvalue weighted by Crippen LogP contribution is 2.24. The summed E-state index contributed by atoms with van der Waals surface area (Å²) in [5.74, 6) is 0.0962. The van der Waals surface area contributed by atoms with Gasteiger partial charge in [-0.2, -0.15) is 0 Å². The molecule has 1 aromatic rings. The third kappa shape index (κ3) is 7.69. The Kier molecular flexibility index (Phi) is 8.96. The second-order valence-electron chi connectivity index (χ2n) is 8.83. The first-order chi connectivity index (χ1) is 13.8. The largest absolute Gasteiger partial charge is 0.354 e. The van der Waals surface area contributed by atoms with E-state index >= 15 is 0 Å². The van der Waals surface area contributed by atoms with E-state index in [2.05, 4.69) is 53.9 Å². The zero-order valence-electron chi connectivity index (χ0n) is 18.6. The second-order valence-corrected chi connectivity index (χ2v) is 8.83. The van der Waals surface area contributed by atoms with Crippen LogP contribution in [0.2, 0.25) is 0 Å². The van der Waals surface area contributed by atoms with Gasteiger partial charge in [-0.3, -0.25) is 9.69 Å². The summed E-state index contributed by atoms with van der Waals surface area (Å²) in [6.45, 7) is 9.64. The zero-order chi connectivity index (χ0) is 21.4. The maximum absolute atomic E-state index is 12.4. The quantitative estimate of drug-likeness (QED) is 0.624. The smallest absolute Gasteiger partial charge is 0.315 e. The van der Waals surface area contributed by atoms with Crippen LogP contribution in [0.1, 0.15) is 64.5 Å². The normalized spacial score (nSPS) is 19.4. The van der Waals surface area contributed by atoms with E-state index in [0.717, 1.165) is 31.4 Å². The number of amides is 3. The Labute approximate surface area is 175 Å². The van der Waals surface area contributed by atoms with Crippen LogP contribution in [0.15, 0.2) is 24.3 Å². The van der Waals surface area contributed by atoms with Crippen molar-refractivity contribution in [3.63, 3.8) is 0 Å². The fraction of sp³-hybridized carbons (Fsp3) is 0.652. The van der Waals surface area contributed by atoms with E-state index in [9.17, 15) is 9.59 Å². The minimum atomic E-state index is -0.160. The Bertz CT molecular complexity index is 675. The molecule has 3 N–H and O–H groups in total. The summed E-state index contributed by atoms with van der Waals surface area (Å²) < 4.78 is 0. The minimum absolute atomic E-state index is 0.0104. The molecule has 0 spiro atoms. The topological polar surface area (TPSA) is 73.5 Å². The molecule has 2 rings (SSSR count). The highest BCUT2D eigenvalue weighted by atomic mass is 16.2. The molecule has 1 aliphatic carbocycles. The molecule has 29 heavy (non-hydrogen) atoms. The van der Waals surface area contributed by atoms with Gasteiger partial charge in [0.25, 0.3) is 0 Å². The Morgan fingerprint density at radius 1 is 1.10 bits per heavy atom. The number of nitrogens with one attached hydrogen (secondary N) is 3. The number of carbonyl (C=O) groups excluding carboxylic acids is 2. The maximum Gasteiger partial charge on any atom is 0.315 e. The number of carbonyl (C=O) groups is 2. The number of benzene rings is 1. The molecule has 2 unspecified atom stereocenters. The third-order valence-corrected chi connectivity index (χ3v) is 5.67. The van der Waals surface area contributed by atoms with Crippen LogP contribution in [-0.4, -0.2) is 42.0 Å². The summed E-state index contributed by atoms with van der Waals surface area (Å²) in [5, 5.41) is 9.05. The van der Waals surface area contributed by atoms with Crippen LogP contribution >= 0.6 is 0 Å². The lowest BCUT2D eigenvalue weighted by molar-refractivity contribution is -0.126. The van der Waals surface area contributed by atoms with E-state index in [1.807, 2.05) is 26.0 Å². The van der Waals surface area contributed by atoms with Crippen molar-refractivity contribution in [3.05, 3.63) is 35.4 Å². The van der Waals surface area contributed by atoms with Crippen LogP contribution in [0.3, 0.4) is 0 Å². The van der Waals surface area contributed by atoms with Gasteiger partial charge in [0.2, 0.25) is 5.91 Å². The van der Waals surface area contributed by atoms with Gasteiger partial charge in [-0.1, -0.05) is 30.7 Å². The molecule has 6 nitrogen and oxygen atoms in total. The molecular weight excluding hydrogens is 364 g/mol. The van der Waals surface area contributed by atoms with Crippen LogP contribution < -0.4 is 16.0 Å². The van der Waals surface area contributed by atoms with Crippen molar-refractivity contribution in [1.29, 1.82) is 0 Å². The van der Waals surface area contributed by atoms with Gasteiger partial charge in [-0.05, 0) is 65.1 Å². The van der Waals surface area contributed by atoms with E-state index in [4.69, 9.17) is 0 Å². The first-order valence-corrected chi connectivity index (χ1v) is 10.9. The van der Waals surface area contributed by atoms with Crippen molar-refractivity contribution in [1.82, 2.24) is 20.9 Å². The standard InChI is InChI=1S/C23H38N4O2/c1-16(2)25-22(28)18-11-8-12-21(13-18)26-23(29)24-14-19-9-6-7-10-20(19)15-27(5)17(3)4/h6-7,9-10,16-18,21H,8,11-15H2,1-5H3,(H,25,28)(H2,24,26,29). The van der Waals surface area contributed by atoms with Crippen LogP contribution in [-0.2, 0) is 17.9 Å². The highest BCUT2D eigenvalue weighted by Gasteiger charge is 2.28. The molecule has 0 bridgehead atoms. The third-order valence-electron chi connectivity index (χ3n) is 5.67. The molecule has 1 saturated carbocycles. The zero-order valence-corrected chi connectivity index (χ0v) is 18.6.